The summed E-state index contributed by atoms with van der Waals surface area (Å²) in [6.07, 6.45) is 0.554. The number of hydrogen-bond donors (Lipinski definition) is 1. The first-order valence-electron chi connectivity index (χ1n) is 6.92. The van der Waals surface area contributed by atoms with Gasteiger partial charge in [-0.3, -0.25) is 5.32 Å². The van der Waals surface area contributed by atoms with Crippen LogP contribution in [0.2, 0.25) is 0 Å². The van der Waals surface area contributed by atoms with Gasteiger partial charge in [0, 0.05) is 12.1 Å². The lowest BCUT2D eigenvalue weighted by molar-refractivity contribution is 0.0306. The van der Waals surface area contributed by atoms with Crippen LogP contribution in [0.25, 0.3) is 0 Å². The average Bonchev–Trinajstić information content (AvgIpc) is 2.79. The summed E-state index contributed by atoms with van der Waals surface area (Å²) in [7, 11) is 7.12. The van der Waals surface area contributed by atoms with Crippen molar-refractivity contribution in [1.82, 2.24) is 10.2 Å². The minimum absolute atomic E-state index is 0.383. The van der Waals surface area contributed by atoms with Crippen molar-refractivity contribution in [2.24, 2.45) is 0 Å². The Morgan fingerprint density at radius 3 is 2.67 bits per heavy atom. The molecule has 1 aliphatic heterocycles. The summed E-state index contributed by atoms with van der Waals surface area (Å²) in [6, 6.07) is 3.62. The molecule has 0 saturated heterocycles. The largest absolute Gasteiger partial charge is 0.493 e. The Bertz CT molecular complexity index is 517. The van der Waals surface area contributed by atoms with Crippen LogP contribution in [0.3, 0.4) is 0 Å². The lowest BCUT2D eigenvalue weighted by Crippen LogP contribution is -2.25. The van der Waals surface area contributed by atoms with Crippen molar-refractivity contribution in [1.29, 1.82) is 0 Å². The molecule has 1 heterocycles. The van der Waals surface area contributed by atoms with Gasteiger partial charge < -0.3 is 19.1 Å². The number of cyclic esters (lactones) is 1. The minimum Gasteiger partial charge on any atom is -0.493 e. The first kappa shape index (κ1) is 15.6. The van der Waals surface area contributed by atoms with Gasteiger partial charge in [0.2, 0.25) is 0 Å². The number of benzene rings is 1. The monoisotopic (exact) mass is 294 g/mol. The number of carbonyl (C=O) groups excluding carboxylic acids is 1. The maximum Gasteiger partial charge on any atom is 0.344 e. The number of hydrogen-bond acceptors (Lipinski definition) is 6. The fourth-order valence-electron chi connectivity index (χ4n) is 2.38. The van der Waals surface area contributed by atoms with Crippen molar-refractivity contribution in [3.8, 4) is 11.5 Å². The van der Waals surface area contributed by atoms with Gasteiger partial charge in [0.1, 0.15) is 5.56 Å². The summed E-state index contributed by atoms with van der Waals surface area (Å²) >= 11 is 0. The van der Waals surface area contributed by atoms with Gasteiger partial charge in [-0.15, -0.1) is 0 Å². The van der Waals surface area contributed by atoms with Crippen LogP contribution in [0.4, 0.5) is 0 Å². The summed E-state index contributed by atoms with van der Waals surface area (Å²) in [5, 5.41) is 3.25. The Morgan fingerprint density at radius 1 is 1.29 bits per heavy atom. The van der Waals surface area contributed by atoms with E-state index < -0.39 is 6.23 Å². The summed E-state index contributed by atoms with van der Waals surface area (Å²) in [5.74, 6) is 0.574. The first-order valence-corrected chi connectivity index (χ1v) is 6.92. The van der Waals surface area contributed by atoms with Gasteiger partial charge >= 0.3 is 5.97 Å². The fraction of sp³-hybridized carbons (Fsp3) is 0.533. The highest BCUT2D eigenvalue weighted by molar-refractivity contribution is 5.98. The summed E-state index contributed by atoms with van der Waals surface area (Å²) in [4.78, 5) is 14.2. The van der Waals surface area contributed by atoms with Crippen LogP contribution in [-0.2, 0) is 4.74 Å². The second-order valence-electron chi connectivity index (χ2n) is 5.16. The normalized spacial score (nSPS) is 16.8. The second kappa shape index (κ2) is 6.78. The Morgan fingerprint density at radius 2 is 2.05 bits per heavy atom. The molecular formula is C15H22N2O4. The van der Waals surface area contributed by atoms with Gasteiger partial charge in [-0.25, -0.2) is 4.79 Å². The van der Waals surface area contributed by atoms with Crippen molar-refractivity contribution in [2.45, 2.75) is 12.6 Å². The number of carbonyl (C=O) groups is 1. The van der Waals surface area contributed by atoms with Crippen LogP contribution in [0.1, 0.15) is 28.6 Å². The number of rotatable bonds is 7. The van der Waals surface area contributed by atoms with E-state index in [1.54, 1.807) is 13.2 Å². The predicted octanol–water partition coefficient (Wildman–Crippen LogP) is 1.41. The zero-order chi connectivity index (χ0) is 15.4. The topological polar surface area (TPSA) is 60.0 Å². The van der Waals surface area contributed by atoms with Gasteiger partial charge in [0.15, 0.2) is 17.7 Å². The van der Waals surface area contributed by atoms with E-state index in [1.165, 1.54) is 7.11 Å². The zero-order valence-corrected chi connectivity index (χ0v) is 12.9. The molecule has 6 heteroatoms. The molecule has 0 aromatic heterocycles. The number of ether oxygens (including phenoxy) is 3. The quantitative estimate of drug-likeness (QED) is 0.606. The van der Waals surface area contributed by atoms with Crippen molar-refractivity contribution in [3.63, 3.8) is 0 Å². The molecule has 0 saturated carbocycles. The van der Waals surface area contributed by atoms with Crippen molar-refractivity contribution in [3.05, 3.63) is 23.3 Å². The number of methoxy groups -OCH3 is 2. The molecule has 0 aliphatic carbocycles. The van der Waals surface area contributed by atoms with Crippen molar-refractivity contribution < 1.29 is 19.0 Å². The molecule has 1 atom stereocenters. The van der Waals surface area contributed by atoms with Crippen LogP contribution in [0.15, 0.2) is 12.1 Å². The van der Waals surface area contributed by atoms with E-state index in [2.05, 4.69) is 10.2 Å². The Labute approximate surface area is 125 Å². The Balaban J connectivity index is 2.12. The van der Waals surface area contributed by atoms with E-state index in [4.69, 9.17) is 14.2 Å². The molecule has 6 nitrogen and oxygen atoms in total. The fourth-order valence-corrected chi connectivity index (χ4v) is 2.38. The first-order chi connectivity index (χ1) is 10.1. The molecule has 1 aromatic carbocycles. The predicted molar refractivity (Wildman–Crippen MR) is 78.9 cm³/mol. The van der Waals surface area contributed by atoms with Gasteiger partial charge in [-0.1, -0.05) is 0 Å². The maximum absolute atomic E-state index is 12.1. The van der Waals surface area contributed by atoms with E-state index >= 15 is 0 Å². The molecule has 0 spiro atoms. The highest BCUT2D eigenvalue weighted by atomic mass is 16.6. The molecule has 1 aliphatic rings. The Kier molecular flexibility index (Phi) is 5.03. The van der Waals surface area contributed by atoms with Crippen LogP contribution in [0, 0.1) is 0 Å². The number of nitrogens with zero attached hydrogens (tertiary/aromatic N) is 1. The number of nitrogens with one attached hydrogen (secondary N) is 1. The second-order valence-corrected chi connectivity index (χ2v) is 5.16. The standard InChI is InChI=1S/C15H22N2O4/c1-17(2)9-5-8-16-14-10-6-7-11(19-3)13(20-4)12(10)15(18)21-14/h6-7,14,16H,5,8-9H2,1-4H3. The molecule has 1 aromatic rings. The molecule has 1 unspecified atom stereocenters. The van der Waals surface area contributed by atoms with E-state index in [-0.39, 0.29) is 5.97 Å². The molecule has 116 valence electrons. The molecule has 1 N–H and O–H groups in total. The number of fused-ring (bicyclic) bond motifs is 1. The number of esters is 1. The summed E-state index contributed by atoms with van der Waals surface area (Å²) in [5.41, 5.74) is 1.24. The minimum atomic E-state index is -0.422. The molecule has 21 heavy (non-hydrogen) atoms. The average molecular weight is 294 g/mol. The maximum atomic E-state index is 12.1. The van der Waals surface area contributed by atoms with E-state index in [9.17, 15) is 4.79 Å². The van der Waals surface area contributed by atoms with Crippen LogP contribution >= 0.6 is 0 Å². The lowest BCUT2D eigenvalue weighted by atomic mass is 10.1. The smallest absolute Gasteiger partial charge is 0.344 e. The van der Waals surface area contributed by atoms with Gasteiger partial charge in [-0.2, -0.15) is 0 Å². The Hall–Kier alpha value is -1.79. The molecule has 0 amide bonds. The molecular weight excluding hydrogens is 272 g/mol. The molecule has 0 radical (unpaired) electrons. The molecule has 2 rings (SSSR count). The van der Waals surface area contributed by atoms with E-state index in [0.717, 1.165) is 25.1 Å². The van der Waals surface area contributed by atoms with Crippen LogP contribution in [0.5, 0.6) is 11.5 Å². The highest BCUT2D eigenvalue weighted by Gasteiger charge is 2.35. The van der Waals surface area contributed by atoms with Gasteiger partial charge in [0.05, 0.1) is 14.2 Å². The SMILES string of the molecule is COc1ccc2c(c1OC)C(=O)OC2NCCCN(C)C. The lowest BCUT2D eigenvalue weighted by Gasteiger charge is -2.15. The summed E-state index contributed by atoms with van der Waals surface area (Å²) in [6.45, 7) is 1.75. The van der Waals surface area contributed by atoms with Crippen LogP contribution in [-0.4, -0.2) is 52.3 Å². The van der Waals surface area contributed by atoms with Crippen molar-refractivity contribution in [2.75, 3.05) is 41.4 Å². The highest BCUT2D eigenvalue weighted by Crippen LogP contribution is 2.40. The van der Waals surface area contributed by atoms with E-state index in [1.807, 2.05) is 20.2 Å². The van der Waals surface area contributed by atoms with Crippen molar-refractivity contribution >= 4 is 5.97 Å². The van der Waals surface area contributed by atoms with E-state index in [0.29, 0.717) is 17.1 Å². The third-order valence-electron chi connectivity index (χ3n) is 3.40. The molecule has 0 fully saturated rings. The molecule has 0 bridgehead atoms. The van der Waals surface area contributed by atoms with Crippen LogP contribution < -0.4 is 14.8 Å². The third-order valence-corrected chi connectivity index (χ3v) is 3.40. The van der Waals surface area contributed by atoms with Gasteiger partial charge in [-0.05, 0) is 39.2 Å². The third kappa shape index (κ3) is 3.28. The van der Waals surface area contributed by atoms with Gasteiger partial charge in [0.25, 0.3) is 0 Å². The zero-order valence-electron chi connectivity index (χ0n) is 12.9. The summed E-state index contributed by atoms with van der Waals surface area (Å²) < 4.78 is 15.9.